The van der Waals surface area contributed by atoms with Gasteiger partial charge in [-0.15, -0.1) is 0 Å². The molecule has 7 aliphatic rings. The fraction of sp³-hybridized carbons (Fsp3) is 0.667. The Morgan fingerprint density at radius 3 is 2.42 bits per heavy atom. The molecule has 31 heavy (non-hydrogen) atoms. The summed E-state index contributed by atoms with van der Waals surface area (Å²) in [6.45, 7) is 0.807. The van der Waals surface area contributed by atoms with Crippen molar-refractivity contribution in [1.82, 2.24) is 19.5 Å². The van der Waals surface area contributed by atoms with Gasteiger partial charge in [-0.05, 0) is 65.4 Å². The predicted octanol–water partition coefficient (Wildman–Crippen LogP) is 3.79. The summed E-state index contributed by atoms with van der Waals surface area (Å²) in [6.07, 6.45) is 0.379. The third-order valence-electron chi connectivity index (χ3n) is 9.70. The molecule has 2 heterocycles. The predicted molar refractivity (Wildman–Crippen MR) is 103 cm³/mol. The number of aromatic nitrogens is 4. The van der Waals surface area contributed by atoms with Crippen molar-refractivity contribution in [2.75, 3.05) is 19.0 Å². The van der Waals surface area contributed by atoms with Gasteiger partial charge in [0.2, 0.25) is 5.28 Å². The summed E-state index contributed by atoms with van der Waals surface area (Å²) in [7, 11) is 1.57. The summed E-state index contributed by atoms with van der Waals surface area (Å²) in [4.78, 5) is 12.4. The number of methoxy groups -OCH3 is 1. The average Bonchev–Trinajstić information content (AvgIpc) is 3.49. The van der Waals surface area contributed by atoms with Gasteiger partial charge in [0.15, 0.2) is 17.3 Å². The minimum atomic E-state index is -4.38. The summed E-state index contributed by atoms with van der Waals surface area (Å²) < 4.78 is 47.4. The molecule has 7 aliphatic carbocycles. The van der Waals surface area contributed by atoms with Gasteiger partial charge >= 0.3 is 6.18 Å². The molecule has 0 spiro atoms. The Labute approximate surface area is 180 Å². The van der Waals surface area contributed by atoms with E-state index >= 15 is 0 Å². The van der Waals surface area contributed by atoms with E-state index in [4.69, 9.17) is 16.3 Å². The van der Waals surface area contributed by atoms with E-state index < -0.39 is 11.9 Å². The molecule has 7 saturated carbocycles. The second-order valence-corrected chi connectivity index (χ2v) is 10.5. The molecule has 0 aromatic carbocycles. The van der Waals surface area contributed by atoms with Crippen LogP contribution in [-0.2, 0) is 11.6 Å². The van der Waals surface area contributed by atoms with Crippen LogP contribution < -0.4 is 10.1 Å². The molecule has 0 aliphatic heterocycles. The largest absolute Gasteiger partial charge is 0.491 e. The fourth-order valence-electron chi connectivity index (χ4n) is 8.90. The van der Waals surface area contributed by atoms with Crippen molar-refractivity contribution in [2.24, 2.45) is 40.9 Å². The molecule has 0 radical (unpaired) electrons. The second-order valence-electron chi connectivity index (χ2n) is 10.2. The standard InChI is InChI=1S/C21H19ClF3N5O/c1-31-8-4-26-18(22)29-16(8)27-6-19-10-13-11(19)15-12(19)14(10)20(13,15)17-28-9(21(23,24)25)5-30(17)7-2-3-7/h4-5,7,10-15H,2-3,6H2,1H3,(H,26,27,29). The molecule has 1 N–H and O–H groups in total. The van der Waals surface area contributed by atoms with Crippen LogP contribution in [0.3, 0.4) is 0 Å². The first-order valence-electron chi connectivity index (χ1n) is 10.8. The van der Waals surface area contributed by atoms with Gasteiger partial charge < -0.3 is 14.6 Å². The molecule has 0 unspecified atom stereocenters. The lowest BCUT2D eigenvalue weighted by Crippen LogP contribution is -3.12. The van der Waals surface area contributed by atoms with E-state index in [9.17, 15) is 13.2 Å². The quantitative estimate of drug-likeness (QED) is 0.680. The maximum atomic E-state index is 13.4. The van der Waals surface area contributed by atoms with Crippen LogP contribution >= 0.6 is 11.6 Å². The Bertz CT molecular complexity index is 1120. The molecule has 0 atom stereocenters. The van der Waals surface area contributed by atoms with Gasteiger partial charge in [0.05, 0.1) is 13.3 Å². The molecular formula is C21H19ClF3N5O. The Balaban J connectivity index is 1.07. The lowest BCUT2D eigenvalue weighted by molar-refractivity contribution is -0.626. The molecule has 0 bridgehead atoms. The lowest BCUT2D eigenvalue weighted by Gasteiger charge is -3.11. The average molecular weight is 450 g/mol. The van der Waals surface area contributed by atoms with E-state index in [0.717, 1.165) is 25.2 Å². The van der Waals surface area contributed by atoms with Crippen molar-refractivity contribution in [3.05, 3.63) is 29.2 Å². The molecule has 10 heteroatoms. The summed E-state index contributed by atoms with van der Waals surface area (Å²) in [6, 6.07) is 0.213. The van der Waals surface area contributed by atoms with Gasteiger partial charge in [-0.2, -0.15) is 18.2 Å². The van der Waals surface area contributed by atoms with Crippen LogP contribution in [0.5, 0.6) is 5.75 Å². The first-order valence-corrected chi connectivity index (χ1v) is 11.2. The van der Waals surface area contributed by atoms with Crippen LogP contribution in [0.4, 0.5) is 19.0 Å². The minimum Gasteiger partial charge on any atom is -0.491 e. The van der Waals surface area contributed by atoms with Crippen molar-refractivity contribution in [2.45, 2.75) is 30.5 Å². The number of hydrogen-bond donors (Lipinski definition) is 1. The number of imidazole rings is 1. The van der Waals surface area contributed by atoms with E-state index in [1.54, 1.807) is 13.3 Å². The minimum absolute atomic E-state index is 0.0657. The highest BCUT2D eigenvalue weighted by Gasteiger charge is 3.10. The Morgan fingerprint density at radius 2 is 1.84 bits per heavy atom. The van der Waals surface area contributed by atoms with Crippen LogP contribution in [0.2, 0.25) is 5.28 Å². The number of nitrogens with one attached hydrogen (secondary N) is 1. The molecule has 0 amide bonds. The number of anilines is 1. The van der Waals surface area contributed by atoms with Gasteiger partial charge in [-0.3, -0.25) is 0 Å². The van der Waals surface area contributed by atoms with Crippen molar-refractivity contribution in [3.63, 3.8) is 0 Å². The van der Waals surface area contributed by atoms with Crippen molar-refractivity contribution < 1.29 is 17.9 Å². The Morgan fingerprint density at radius 1 is 1.16 bits per heavy atom. The zero-order valence-electron chi connectivity index (χ0n) is 16.5. The zero-order valence-corrected chi connectivity index (χ0v) is 17.3. The van der Waals surface area contributed by atoms with Crippen molar-refractivity contribution in [1.29, 1.82) is 0 Å². The van der Waals surface area contributed by atoms with Gasteiger partial charge in [0.1, 0.15) is 5.82 Å². The highest BCUT2D eigenvalue weighted by Crippen LogP contribution is 3.09. The molecule has 0 saturated heterocycles. The molecular weight excluding hydrogens is 431 g/mol. The van der Waals surface area contributed by atoms with Gasteiger partial charge in [-0.1, -0.05) is 0 Å². The molecule has 162 valence electrons. The fourth-order valence-corrected chi connectivity index (χ4v) is 9.03. The maximum absolute atomic E-state index is 13.4. The Hall–Kier alpha value is -2.03. The third-order valence-corrected chi connectivity index (χ3v) is 9.88. The van der Waals surface area contributed by atoms with Crippen molar-refractivity contribution in [3.8, 4) is 5.75 Å². The lowest BCUT2D eigenvalue weighted by atomic mass is 8.92. The summed E-state index contributed by atoms with van der Waals surface area (Å²) in [5.41, 5.74) is -0.509. The van der Waals surface area contributed by atoms with Crippen LogP contribution in [0, 0.1) is 40.9 Å². The van der Waals surface area contributed by atoms with Gasteiger partial charge in [0.25, 0.3) is 0 Å². The SMILES string of the molecule is COc1cnc(Cl)nc1NCC12C3C4C1C1C2C3C41c1nc(C(F)(F)F)cn1C1CC1. The molecule has 2 aromatic heterocycles. The van der Waals surface area contributed by atoms with Crippen LogP contribution in [0.25, 0.3) is 0 Å². The molecule has 2 aromatic rings. The number of rotatable bonds is 6. The van der Waals surface area contributed by atoms with E-state index in [2.05, 4.69) is 20.3 Å². The smallest absolute Gasteiger partial charge is 0.434 e. The van der Waals surface area contributed by atoms with Crippen LogP contribution in [0.1, 0.15) is 30.4 Å². The van der Waals surface area contributed by atoms with Crippen LogP contribution in [0.15, 0.2) is 12.4 Å². The maximum Gasteiger partial charge on any atom is 0.434 e. The molecule has 6 nitrogen and oxygen atoms in total. The second kappa shape index (κ2) is 4.82. The van der Waals surface area contributed by atoms with Crippen molar-refractivity contribution >= 4 is 17.4 Å². The third kappa shape index (κ3) is 1.56. The first-order chi connectivity index (χ1) is 14.8. The highest BCUT2D eigenvalue weighted by molar-refractivity contribution is 6.28. The zero-order chi connectivity index (χ0) is 21.1. The van der Waals surface area contributed by atoms with E-state index in [-0.39, 0.29) is 22.2 Å². The van der Waals surface area contributed by atoms with Crippen LogP contribution in [-0.4, -0.2) is 33.2 Å². The molecule has 9 rings (SSSR count). The number of alkyl halides is 3. The summed E-state index contributed by atoms with van der Waals surface area (Å²) in [5, 5.41) is 3.60. The topological polar surface area (TPSA) is 64.9 Å². The summed E-state index contributed by atoms with van der Waals surface area (Å²) >= 11 is 5.94. The number of hydrogen-bond acceptors (Lipinski definition) is 5. The highest BCUT2D eigenvalue weighted by atomic mass is 35.5. The van der Waals surface area contributed by atoms with E-state index in [1.165, 1.54) is 6.20 Å². The van der Waals surface area contributed by atoms with E-state index in [1.807, 2.05) is 4.57 Å². The summed E-state index contributed by atoms with van der Waals surface area (Å²) in [5.74, 6) is 5.22. The van der Waals surface area contributed by atoms with Gasteiger partial charge in [-0.25, -0.2) is 9.97 Å². The van der Waals surface area contributed by atoms with E-state index in [0.29, 0.717) is 47.1 Å². The monoisotopic (exact) mass is 449 g/mol. The van der Waals surface area contributed by atoms with Gasteiger partial charge in [0, 0.05) is 24.2 Å². The number of ether oxygens (including phenoxy) is 1. The number of halogens is 4. The number of nitrogens with zero attached hydrogens (tertiary/aromatic N) is 4. The normalized spacial score (nSPS) is 44.3. The molecule has 7 fully saturated rings. The Kier molecular flexibility index (Phi) is 2.72. The first kappa shape index (κ1) is 17.5.